The summed E-state index contributed by atoms with van der Waals surface area (Å²) >= 11 is 10.7. The van der Waals surface area contributed by atoms with Gasteiger partial charge in [-0.15, -0.1) is 22.9 Å². The van der Waals surface area contributed by atoms with Gasteiger partial charge in [-0.1, -0.05) is 0 Å². The lowest BCUT2D eigenvalue weighted by molar-refractivity contribution is 0.457. The van der Waals surface area contributed by atoms with E-state index in [-0.39, 0.29) is 11.7 Å². The maximum atomic E-state index is 13.0. The highest BCUT2D eigenvalue weighted by atomic mass is 79.9. The van der Waals surface area contributed by atoms with Gasteiger partial charge in [0.05, 0.1) is 10.4 Å². The van der Waals surface area contributed by atoms with Crippen LogP contribution < -0.4 is 4.74 Å². The van der Waals surface area contributed by atoms with Crippen molar-refractivity contribution in [3.05, 3.63) is 45.8 Å². The van der Waals surface area contributed by atoms with Crippen LogP contribution in [0.25, 0.3) is 4.96 Å². The largest absolute Gasteiger partial charge is 0.436 e. The molecule has 2 aromatic heterocycles. The molecule has 0 saturated heterocycles. The van der Waals surface area contributed by atoms with Gasteiger partial charge in [-0.3, -0.25) is 4.40 Å². The summed E-state index contributed by atoms with van der Waals surface area (Å²) in [6.45, 7) is 0. The average molecular weight is 362 g/mol. The highest BCUT2D eigenvalue weighted by molar-refractivity contribution is 9.10. The molecule has 0 N–H and O–H groups in total. The molecule has 0 spiro atoms. The number of nitrogens with zero attached hydrogens (tertiary/aromatic N) is 2. The van der Waals surface area contributed by atoms with E-state index in [4.69, 9.17) is 16.3 Å². The molecule has 98 valence electrons. The zero-order chi connectivity index (χ0) is 13.4. The van der Waals surface area contributed by atoms with Crippen LogP contribution in [-0.4, -0.2) is 9.38 Å². The molecule has 0 radical (unpaired) electrons. The van der Waals surface area contributed by atoms with Crippen molar-refractivity contribution in [3.63, 3.8) is 0 Å². The van der Waals surface area contributed by atoms with Crippen molar-refractivity contribution in [1.29, 1.82) is 0 Å². The van der Waals surface area contributed by atoms with E-state index in [1.54, 1.807) is 6.07 Å². The molecule has 2 heterocycles. The molecule has 0 unspecified atom stereocenters. The lowest BCUT2D eigenvalue weighted by Crippen LogP contribution is -1.92. The number of hydrogen-bond donors (Lipinski definition) is 0. The van der Waals surface area contributed by atoms with Gasteiger partial charge in [0.2, 0.25) is 5.88 Å². The molecule has 0 fully saturated rings. The number of imidazole rings is 1. The molecule has 0 aliphatic heterocycles. The van der Waals surface area contributed by atoms with Crippen LogP contribution >= 0.6 is 38.9 Å². The van der Waals surface area contributed by atoms with Crippen LogP contribution in [0, 0.1) is 5.82 Å². The van der Waals surface area contributed by atoms with Gasteiger partial charge in [0.25, 0.3) is 0 Å². The summed E-state index contributed by atoms with van der Waals surface area (Å²) < 4.78 is 21.1. The van der Waals surface area contributed by atoms with E-state index in [0.29, 0.717) is 16.1 Å². The molecule has 0 saturated carbocycles. The van der Waals surface area contributed by atoms with Gasteiger partial charge >= 0.3 is 0 Å². The first kappa shape index (κ1) is 12.9. The summed E-state index contributed by atoms with van der Waals surface area (Å²) in [5.74, 6) is 0.891. The Bertz CT molecular complexity index is 742. The Morgan fingerprint density at radius 3 is 3.05 bits per heavy atom. The number of hydrogen-bond acceptors (Lipinski definition) is 3. The van der Waals surface area contributed by atoms with E-state index >= 15 is 0 Å². The van der Waals surface area contributed by atoms with Gasteiger partial charge in [-0.05, 0) is 34.1 Å². The number of halogens is 3. The van der Waals surface area contributed by atoms with E-state index < -0.39 is 0 Å². The summed E-state index contributed by atoms with van der Waals surface area (Å²) in [7, 11) is 0. The molecule has 0 amide bonds. The Labute approximate surface area is 125 Å². The Kier molecular flexibility index (Phi) is 3.47. The van der Waals surface area contributed by atoms with Crippen LogP contribution in [0.15, 0.2) is 34.2 Å². The van der Waals surface area contributed by atoms with Gasteiger partial charge in [0.1, 0.15) is 17.3 Å². The van der Waals surface area contributed by atoms with Crippen LogP contribution in [0.1, 0.15) is 5.69 Å². The van der Waals surface area contributed by atoms with Crippen LogP contribution in [0.2, 0.25) is 0 Å². The van der Waals surface area contributed by atoms with Gasteiger partial charge in [0.15, 0.2) is 4.96 Å². The third-order valence-electron chi connectivity index (χ3n) is 2.55. The summed E-state index contributed by atoms with van der Waals surface area (Å²) in [5, 5.41) is 1.93. The summed E-state index contributed by atoms with van der Waals surface area (Å²) in [6, 6.07) is 4.22. The Hall–Kier alpha value is -1.11. The van der Waals surface area contributed by atoms with Crippen molar-refractivity contribution >= 4 is 43.8 Å². The van der Waals surface area contributed by atoms with Crippen LogP contribution in [-0.2, 0) is 5.88 Å². The average Bonchev–Trinajstić information content (AvgIpc) is 2.92. The van der Waals surface area contributed by atoms with Crippen LogP contribution in [0.5, 0.6) is 11.6 Å². The molecule has 0 atom stereocenters. The quantitative estimate of drug-likeness (QED) is 0.625. The molecular formula is C12H7BrClFN2OS. The number of fused-ring (bicyclic) bond motifs is 1. The number of ether oxygens (including phenoxy) is 1. The molecule has 0 aliphatic carbocycles. The van der Waals surface area contributed by atoms with E-state index in [1.165, 1.54) is 23.5 Å². The van der Waals surface area contributed by atoms with E-state index in [1.807, 2.05) is 16.0 Å². The lowest BCUT2D eigenvalue weighted by Gasteiger charge is -2.06. The van der Waals surface area contributed by atoms with Gasteiger partial charge in [-0.25, -0.2) is 4.39 Å². The normalized spacial score (nSPS) is 11.1. The summed E-state index contributed by atoms with van der Waals surface area (Å²) in [5.41, 5.74) is 0.772. The minimum absolute atomic E-state index is 0.284. The fraction of sp³-hybridized carbons (Fsp3) is 0.0833. The van der Waals surface area contributed by atoms with E-state index in [9.17, 15) is 4.39 Å². The first-order valence-corrected chi connectivity index (χ1v) is 7.53. The lowest BCUT2D eigenvalue weighted by atomic mass is 10.3. The minimum Gasteiger partial charge on any atom is -0.436 e. The first-order chi connectivity index (χ1) is 9.19. The van der Waals surface area contributed by atoms with Crippen molar-refractivity contribution in [2.75, 3.05) is 0 Å². The number of rotatable bonds is 3. The standard InChI is InChI=1S/C12H7BrClFN2OS/c13-8-5-7(15)1-2-10(8)18-11-9(6-14)17-3-4-19-12(17)16-11/h1-5H,6H2. The van der Waals surface area contributed by atoms with Crippen molar-refractivity contribution in [2.24, 2.45) is 0 Å². The maximum absolute atomic E-state index is 13.0. The zero-order valence-electron chi connectivity index (χ0n) is 9.44. The third kappa shape index (κ3) is 2.35. The predicted octanol–water partition coefficient (Wildman–Crippen LogP) is 4.83. The Morgan fingerprint density at radius 1 is 1.47 bits per heavy atom. The second-order valence-corrected chi connectivity index (χ2v) is 5.72. The third-order valence-corrected chi connectivity index (χ3v) is 4.18. The van der Waals surface area contributed by atoms with Gasteiger partial charge in [-0.2, -0.15) is 4.98 Å². The highest BCUT2D eigenvalue weighted by Gasteiger charge is 2.15. The number of benzene rings is 1. The smallest absolute Gasteiger partial charge is 0.243 e. The molecule has 7 heteroatoms. The van der Waals surface area contributed by atoms with Gasteiger partial charge < -0.3 is 4.74 Å². The number of alkyl halides is 1. The molecular weight excluding hydrogens is 355 g/mol. The molecule has 1 aromatic carbocycles. The Balaban J connectivity index is 2.02. The summed E-state index contributed by atoms with van der Waals surface area (Å²) in [4.78, 5) is 5.17. The van der Waals surface area contributed by atoms with Crippen molar-refractivity contribution < 1.29 is 9.13 Å². The molecule has 3 nitrogen and oxygen atoms in total. The van der Waals surface area contributed by atoms with Gasteiger partial charge in [0, 0.05) is 11.6 Å². The number of aromatic nitrogens is 2. The minimum atomic E-state index is -0.331. The maximum Gasteiger partial charge on any atom is 0.243 e. The predicted molar refractivity (Wildman–Crippen MR) is 76.8 cm³/mol. The fourth-order valence-electron chi connectivity index (χ4n) is 1.68. The van der Waals surface area contributed by atoms with E-state index in [2.05, 4.69) is 20.9 Å². The summed E-state index contributed by atoms with van der Waals surface area (Å²) in [6.07, 6.45) is 1.89. The second kappa shape index (κ2) is 5.11. The van der Waals surface area contributed by atoms with Crippen molar-refractivity contribution in [2.45, 2.75) is 5.88 Å². The van der Waals surface area contributed by atoms with Crippen molar-refractivity contribution in [1.82, 2.24) is 9.38 Å². The monoisotopic (exact) mass is 360 g/mol. The molecule has 3 aromatic rings. The number of thiazole rings is 1. The van der Waals surface area contributed by atoms with Crippen LogP contribution in [0.4, 0.5) is 4.39 Å². The van der Waals surface area contributed by atoms with E-state index in [0.717, 1.165) is 10.7 Å². The topological polar surface area (TPSA) is 26.5 Å². The molecule has 19 heavy (non-hydrogen) atoms. The van der Waals surface area contributed by atoms with Crippen molar-refractivity contribution in [3.8, 4) is 11.6 Å². The molecule has 0 bridgehead atoms. The second-order valence-electron chi connectivity index (χ2n) is 3.73. The Morgan fingerprint density at radius 2 is 2.32 bits per heavy atom. The molecule has 0 aliphatic rings. The molecule has 3 rings (SSSR count). The van der Waals surface area contributed by atoms with Crippen LogP contribution in [0.3, 0.4) is 0 Å². The zero-order valence-corrected chi connectivity index (χ0v) is 12.6. The first-order valence-electron chi connectivity index (χ1n) is 5.32. The SMILES string of the molecule is Fc1ccc(Oc2nc3sccn3c2CCl)c(Br)c1. The fourth-order valence-corrected chi connectivity index (χ4v) is 3.08. The highest BCUT2D eigenvalue weighted by Crippen LogP contribution is 2.33.